The zero-order valence-electron chi connectivity index (χ0n) is 14.9. The molecule has 0 atom stereocenters. The van der Waals surface area contributed by atoms with Crippen molar-refractivity contribution < 1.29 is 5.11 Å². The fourth-order valence-electron chi connectivity index (χ4n) is 3.16. The van der Waals surface area contributed by atoms with Gasteiger partial charge in [0.15, 0.2) is 0 Å². The molecule has 3 aromatic rings. The zero-order chi connectivity index (χ0) is 18.3. The van der Waals surface area contributed by atoms with Crippen molar-refractivity contribution in [2.75, 3.05) is 25.6 Å². The maximum Gasteiger partial charge on any atom is 0.0543 e. The van der Waals surface area contributed by atoms with Gasteiger partial charge in [0.2, 0.25) is 0 Å². The highest BCUT2D eigenvalue weighted by Gasteiger charge is 2.45. The molecule has 0 bridgehead atoms. The van der Waals surface area contributed by atoms with Gasteiger partial charge in [0.1, 0.15) is 0 Å². The van der Waals surface area contributed by atoms with Crippen molar-refractivity contribution in [3.63, 3.8) is 0 Å². The van der Waals surface area contributed by atoms with Crippen molar-refractivity contribution >= 4 is 28.6 Å². The molecule has 0 radical (unpaired) electrons. The topological polar surface area (TPSA) is 36.4 Å². The monoisotopic (exact) mass is 384 g/mol. The molecule has 1 aliphatic rings. The maximum atomic E-state index is 9.66. The van der Waals surface area contributed by atoms with Crippen molar-refractivity contribution in [2.45, 2.75) is 18.3 Å². The molecule has 1 saturated carbocycles. The molecule has 0 unspecified atom stereocenters. The molecule has 1 N–H and O–H groups in total. The molecular formula is C21H21ClN2OS. The van der Waals surface area contributed by atoms with E-state index in [0.29, 0.717) is 0 Å². The van der Waals surface area contributed by atoms with Crippen molar-refractivity contribution in [1.82, 2.24) is 4.98 Å². The molecular weight excluding hydrogens is 364 g/mol. The first kappa shape index (κ1) is 17.5. The fraction of sp³-hybridized carbons (Fsp3) is 0.286. The highest BCUT2D eigenvalue weighted by Crippen LogP contribution is 2.47. The number of pyridine rings is 1. The molecule has 3 nitrogen and oxygen atoms in total. The first-order valence-electron chi connectivity index (χ1n) is 8.66. The second-order valence-electron chi connectivity index (χ2n) is 7.13. The summed E-state index contributed by atoms with van der Waals surface area (Å²) in [6.45, 7) is 0.173. The molecule has 2 heterocycles. The number of benzene rings is 1. The summed E-state index contributed by atoms with van der Waals surface area (Å²) in [6.07, 6.45) is 3.88. The number of rotatable bonds is 5. The van der Waals surface area contributed by atoms with Crippen LogP contribution in [0.5, 0.6) is 0 Å². The molecule has 2 aromatic heterocycles. The van der Waals surface area contributed by atoms with Crippen LogP contribution in [0.1, 0.15) is 18.5 Å². The fourth-order valence-corrected chi connectivity index (χ4v) is 4.45. The Hall–Kier alpha value is -1.88. The van der Waals surface area contributed by atoms with Gasteiger partial charge in [-0.25, -0.2) is 0 Å². The lowest BCUT2D eigenvalue weighted by Crippen LogP contribution is -2.13. The van der Waals surface area contributed by atoms with E-state index >= 15 is 0 Å². The van der Waals surface area contributed by atoms with E-state index in [1.54, 1.807) is 11.3 Å². The summed E-state index contributed by atoms with van der Waals surface area (Å²) >= 11 is 8.21. The molecule has 134 valence electrons. The van der Waals surface area contributed by atoms with E-state index in [9.17, 15) is 5.11 Å². The molecule has 0 spiro atoms. The zero-order valence-corrected chi connectivity index (χ0v) is 16.4. The summed E-state index contributed by atoms with van der Waals surface area (Å²) in [7, 11) is 4.02. The van der Waals surface area contributed by atoms with Crippen LogP contribution in [0.15, 0.2) is 48.0 Å². The summed E-state index contributed by atoms with van der Waals surface area (Å²) < 4.78 is 0. The van der Waals surface area contributed by atoms with Crippen LogP contribution in [0.3, 0.4) is 0 Å². The molecule has 4 rings (SSSR count). The predicted octanol–water partition coefficient (Wildman–Crippen LogP) is 5.22. The van der Waals surface area contributed by atoms with Gasteiger partial charge in [0.05, 0.1) is 11.6 Å². The van der Waals surface area contributed by atoms with E-state index in [0.717, 1.165) is 50.8 Å². The summed E-state index contributed by atoms with van der Waals surface area (Å²) in [5.74, 6) is 0. The third kappa shape index (κ3) is 3.13. The molecule has 1 aromatic carbocycles. The molecule has 1 aliphatic carbocycles. The van der Waals surface area contributed by atoms with E-state index in [4.69, 9.17) is 11.6 Å². The predicted molar refractivity (Wildman–Crippen MR) is 110 cm³/mol. The molecule has 1 fully saturated rings. The van der Waals surface area contributed by atoms with E-state index in [1.165, 1.54) is 0 Å². The van der Waals surface area contributed by atoms with Gasteiger partial charge in [-0.3, -0.25) is 4.98 Å². The SMILES string of the molecule is CN(C)c1ccc(-c2cc(-c3ccnc(C4(CO)CC4)c3)cs2)c(Cl)c1. The van der Waals surface area contributed by atoms with Crippen LogP contribution < -0.4 is 4.90 Å². The Kier molecular flexibility index (Phi) is 4.51. The number of aliphatic hydroxyl groups excluding tert-OH is 1. The minimum Gasteiger partial charge on any atom is -0.395 e. The maximum absolute atomic E-state index is 9.66. The van der Waals surface area contributed by atoms with Crippen LogP contribution in [-0.4, -0.2) is 30.8 Å². The van der Waals surface area contributed by atoms with E-state index in [1.807, 2.05) is 37.3 Å². The Morgan fingerprint density at radius 2 is 1.96 bits per heavy atom. The molecule has 26 heavy (non-hydrogen) atoms. The summed E-state index contributed by atoms with van der Waals surface area (Å²) in [4.78, 5) is 7.69. The van der Waals surface area contributed by atoms with Gasteiger partial charge >= 0.3 is 0 Å². The van der Waals surface area contributed by atoms with Gasteiger partial charge in [-0.15, -0.1) is 11.3 Å². The number of aliphatic hydroxyl groups is 1. The first-order valence-corrected chi connectivity index (χ1v) is 9.92. The van der Waals surface area contributed by atoms with E-state index < -0.39 is 0 Å². The van der Waals surface area contributed by atoms with Crippen LogP contribution in [0.4, 0.5) is 5.69 Å². The Morgan fingerprint density at radius 3 is 2.62 bits per heavy atom. The van der Waals surface area contributed by atoms with Crippen LogP contribution in [0, 0.1) is 0 Å². The number of aromatic nitrogens is 1. The average Bonchev–Trinajstić information content (AvgIpc) is 3.31. The van der Waals surface area contributed by atoms with Crippen LogP contribution in [0.2, 0.25) is 5.02 Å². The van der Waals surface area contributed by atoms with Gasteiger partial charge in [-0.2, -0.15) is 0 Å². The normalized spacial score (nSPS) is 15.1. The first-order chi connectivity index (χ1) is 12.5. The van der Waals surface area contributed by atoms with Gasteiger partial charge in [-0.1, -0.05) is 17.7 Å². The third-order valence-corrected chi connectivity index (χ3v) is 6.40. The second-order valence-corrected chi connectivity index (χ2v) is 8.44. The number of hydrogen-bond acceptors (Lipinski definition) is 4. The van der Waals surface area contributed by atoms with Crippen LogP contribution in [-0.2, 0) is 5.41 Å². The summed E-state index contributed by atoms with van der Waals surface area (Å²) in [5.41, 5.74) is 5.33. The number of hydrogen-bond donors (Lipinski definition) is 1. The number of halogens is 1. The molecule has 0 amide bonds. The van der Waals surface area contributed by atoms with Crippen LogP contribution >= 0.6 is 22.9 Å². The lowest BCUT2D eigenvalue weighted by Gasteiger charge is -2.13. The molecule has 0 saturated heterocycles. The van der Waals surface area contributed by atoms with Gasteiger partial charge in [0.25, 0.3) is 0 Å². The minimum absolute atomic E-state index is 0.111. The Labute approximate surface area is 162 Å². The van der Waals surface area contributed by atoms with Gasteiger partial charge < -0.3 is 10.0 Å². The van der Waals surface area contributed by atoms with Crippen LogP contribution in [0.25, 0.3) is 21.6 Å². The van der Waals surface area contributed by atoms with Crippen molar-refractivity contribution in [3.05, 3.63) is 58.7 Å². The van der Waals surface area contributed by atoms with Gasteiger partial charge in [-0.05, 0) is 59.7 Å². The minimum atomic E-state index is -0.111. The van der Waals surface area contributed by atoms with Crippen molar-refractivity contribution in [1.29, 1.82) is 0 Å². The number of nitrogens with zero attached hydrogens (tertiary/aromatic N) is 2. The lowest BCUT2D eigenvalue weighted by molar-refractivity contribution is 0.252. The summed E-state index contributed by atoms with van der Waals surface area (Å²) in [6, 6.07) is 12.5. The molecule has 5 heteroatoms. The third-order valence-electron chi connectivity index (χ3n) is 5.13. The Bertz CT molecular complexity index is 947. The van der Waals surface area contributed by atoms with Crippen molar-refractivity contribution in [2.24, 2.45) is 0 Å². The Balaban J connectivity index is 1.66. The standard InChI is InChI=1S/C21H21ClN2OS/c1-24(2)16-3-4-17(18(22)11-16)19-9-15(12-26-19)14-5-8-23-20(10-14)21(13-25)6-7-21/h3-5,8-12,25H,6-7,13H2,1-2H3. The molecule has 0 aliphatic heterocycles. The van der Waals surface area contributed by atoms with Crippen molar-refractivity contribution in [3.8, 4) is 21.6 Å². The lowest BCUT2D eigenvalue weighted by atomic mass is 9.99. The largest absolute Gasteiger partial charge is 0.395 e. The average molecular weight is 385 g/mol. The summed E-state index contributed by atoms with van der Waals surface area (Å²) in [5, 5.41) is 12.6. The number of thiophene rings is 1. The van der Waals surface area contributed by atoms with Gasteiger partial charge in [0, 0.05) is 47.5 Å². The Morgan fingerprint density at radius 1 is 1.15 bits per heavy atom. The highest BCUT2D eigenvalue weighted by atomic mass is 35.5. The highest BCUT2D eigenvalue weighted by molar-refractivity contribution is 7.14. The van der Waals surface area contributed by atoms with E-state index in [-0.39, 0.29) is 12.0 Å². The number of anilines is 1. The second kappa shape index (κ2) is 6.69. The quantitative estimate of drug-likeness (QED) is 0.655. The van der Waals surface area contributed by atoms with E-state index in [2.05, 4.69) is 34.6 Å². The smallest absolute Gasteiger partial charge is 0.0543 e.